The van der Waals surface area contributed by atoms with Crippen molar-refractivity contribution in [2.45, 2.75) is 6.32 Å². The molecule has 32 valence electrons. The highest BCUT2D eigenvalue weighted by Gasteiger charge is 2.13. The van der Waals surface area contributed by atoms with Gasteiger partial charge in [-0.05, 0) is 5.92 Å². The maximum atomic E-state index is 5.25. The topological polar surface area (TPSA) is 9.23 Å². The van der Waals surface area contributed by atoms with Crippen LogP contribution in [0.3, 0.4) is 0 Å². The van der Waals surface area contributed by atoms with Gasteiger partial charge in [-0.3, -0.25) is 0 Å². The third-order valence-corrected chi connectivity index (χ3v) is 1.04. The predicted molar refractivity (Wildman–Crippen MR) is 24.9 cm³/mol. The molecule has 1 aliphatic rings. The van der Waals surface area contributed by atoms with Gasteiger partial charge in [0.2, 0.25) is 0 Å². The van der Waals surface area contributed by atoms with Gasteiger partial charge < -0.3 is 4.74 Å². The van der Waals surface area contributed by atoms with Crippen LogP contribution in [0.15, 0.2) is 0 Å². The molecule has 0 N–H and O–H groups in total. The van der Waals surface area contributed by atoms with Crippen LogP contribution in [-0.4, -0.2) is 21.1 Å². The van der Waals surface area contributed by atoms with Gasteiger partial charge in [0.25, 0.3) is 0 Å². The van der Waals surface area contributed by atoms with Crippen LogP contribution in [0.5, 0.6) is 0 Å². The third-order valence-electron chi connectivity index (χ3n) is 1.04. The average Bonchev–Trinajstić information content (AvgIpc) is 1.31. The molecule has 0 aromatic heterocycles. The summed E-state index contributed by atoms with van der Waals surface area (Å²) in [5.74, 6) is 0.671. The lowest BCUT2D eigenvalue weighted by atomic mass is 9.90. The van der Waals surface area contributed by atoms with E-state index in [1.54, 1.807) is 0 Å². The van der Waals surface area contributed by atoms with Crippen molar-refractivity contribution in [3.8, 4) is 0 Å². The van der Waals surface area contributed by atoms with Crippen molar-refractivity contribution in [3.63, 3.8) is 0 Å². The Morgan fingerprint density at radius 2 is 2.33 bits per heavy atom. The molecule has 1 heterocycles. The maximum absolute atomic E-state index is 5.25. The second kappa shape index (κ2) is 1.65. The van der Waals surface area contributed by atoms with Crippen LogP contribution >= 0.6 is 0 Å². The fraction of sp³-hybridized carbons (Fsp3) is 1.00. The summed E-state index contributed by atoms with van der Waals surface area (Å²) in [6.45, 7) is 1.77. The molecule has 0 bridgehead atoms. The highest BCUT2D eigenvalue weighted by atomic mass is 16.5. The Kier molecular flexibility index (Phi) is 1.15. The van der Waals surface area contributed by atoms with Gasteiger partial charge >= 0.3 is 0 Å². The first-order valence-corrected chi connectivity index (χ1v) is 2.21. The van der Waals surface area contributed by atoms with Crippen molar-refractivity contribution in [1.82, 2.24) is 0 Å². The van der Waals surface area contributed by atoms with Crippen LogP contribution in [0.25, 0.3) is 0 Å². The van der Waals surface area contributed by atoms with E-state index >= 15 is 0 Å². The Bertz CT molecular complexity index is 40.1. The molecule has 1 saturated heterocycles. The van der Waals surface area contributed by atoms with E-state index in [9.17, 15) is 0 Å². The van der Waals surface area contributed by atoms with Crippen LogP contribution in [0, 0.1) is 5.92 Å². The number of hydrogen-bond acceptors (Lipinski definition) is 1. The van der Waals surface area contributed by atoms with E-state index in [0.717, 1.165) is 19.5 Å². The molecule has 0 saturated carbocycles. The first-order chi connectivity index (χ1) is 2.93. The Hall–Kier alpha value is 0.0249. The minimum atomic E-state index is 0.671. The molecule has 0 amide bonds. The molecule has 1 aliphatic heterocycles. The van der Waals surface area contributed by atoms with E-state index < -0.39 is 0 Å². The quantitative estimate of drug-likeness (QED) is 0.411. The third kappa shape index (κ3) is 0.572. The summed E-state index contributed by atoms with van der Waals surface area (Å²) in [5.41, 5.74) is 0. The number of rotatable bonds is 1. The summed E-state index contributed by atoms with van der Waals surface area (Å²) >= 11 is 0. The van der Waals surface area contributed by atoms with Crippen molar-refractivity contribution in [3.05, 3.63) is 0 Å². The van der Waals surface area contributed by atoms with Crippen molar-refractivity contribution in [2.75, 3.05) is 13.2 Å². The molecular weight excluding hydrogens is 74.9 g/mol. The van der Waals surface area contributed by atoms with Crippen LogP contribution in [0.4, 0.5) is 0 Å². The number of ether oxygens (including phenoxy) is 1. The van der Waals surface area contributed by atoms with E-state index in [2.05, 4.69) is 0 Å². The van der Waals surface area contributed by atoms with Crippen LogP contribution in [0.2, 0.25) is 6.32 Å². The number of hydrogen-bond donors (Lipinski definition) is 0. The predicted octanol–water partition coefficient (Wildman–Crippen LogP) is 0.220. The van der Waals surface area contributed by atoms with Gasteiger partial charge in [-0.25, -0.2) is 0 Å². The molecule has 1 nitrogen and oxygen atoms in total. The van der Waals surface area contributed by atoms with E-state index in [4.69, 9.17) is 12.6 Å². The molecule has 6 heavy (non-hydrogen) atoms. The summed E-state index contributed by atoms with van der Waals surface area (Å²) in [7, 11) is 5.25. The highest BCUT2D eigenvalue weighted by Crippen LogP contribution is 2.11. The van der Waals surface area contributed by atoms with Gasteiger partial charge in [-0.2, -0.15) is 0 Å². The van der Waals surface area contributed by atoms with Crippen LogP contribution < -0.4 is 0 Å². The normalized spacial score (nSPS) is 23.3. The second-order valence-corrected chi connectivity index (χ2v) is 1.64. The van der Waals surface area contributed by atoms with Crippen LogP contribution in [0.1, 0.15) is 0 Å². The standard InChI is InChI=1S/C4H7BO/c5-1-4-2-6-3-4/h4H,1-3H2. The Labute approximate surface area is 39.1 Å². The van der Waals surface area contributed by atoms with Crippen molar-refractivity contribution in [2.24, 2.45) is 5.92 Å². The lowest BCUT2D eigenvalue weighted by Crippen LogP contribution is -2.26. The highest BCUT2D eigenvalue weighted by molar-refractivity contribution is 6.08. The Morgan fingerprint density at radius 1 is 1.67 bits per heavy atom. The Balaban J connectivity index is 2.01. The molecule has 0 unspecified atom stereocenters. The largest absolute Gasteiger partial charge is 0.381 e. The summed E-state index contributed by atoms with van der Waals surface area (Å²) < 4.78 is 4.85. The molecule has 1 fully saturated rings. The molecule has 2 heteroatoms. The summed E-state index contributed by atoms with van der Waals surface area (Å²) in [6.07, 6.45) is 0.792. The molecule has 0 spiro atoms. The van der Waals surface area contributed by atoms with E-state index in [0.29, 0.717) is 5.92 Å². The lowest BCUT2D eigenvalue weighted by Gasteiger charge is -2.24. The van der Waals surface area contributed by atoms with Crippen molar-refractivity contribution < 1.29 is 4.74 Å². The van der Waals surface area contributed by atoms with Gasteiger partial charge in [0.15, 0.2) is 0 Å². The summed E-state index contributed by atoms with van der Waals surface area (Å²) in [6, 6.07) is 0. The lowest BCUT2D eigenvalue weighted by molar-refractivity contribution is -0.0217. The second-order valence-electron chi connectivity index (χ2n) is 1.64. The zero-order valence-corrected chi connectivity index (χ0v) is 3.68. The van der Waals surface area contributed by atoms with E-state index in [-0.39, 0.29) is 0 Å². The van der Waals surface area contributed by atoms with Gasteiger partial charge in [0.05, 0.1) is 21.1 Å². The maximum Gasteiger partial charge on any atom is 0.0659 e. The minimum absolute atomic E-state index is 0.671. The van der Waals surface area contributed by atoms with Gasteiger partial charge in [-0.15, -0.1) is 0 Å². The van der Waals surface area contributed by atoms with Gasteiger partial charge in [0, 0.05) is 0 Å². The zero-order chi connectivity index (χ0) is 4.41. The molecule has 1 rings (SSSR count). The molecule has 0 atom stereocenters. The SMILES string of the molecule is [B]CC1COC1. The molecule has 0 aromatic rings. The molecule has 0 aromatic carbocycles. The van der Waals surface area contributed by atoms with Gasteiger partial charge in [0.1, 0.15) is 0 Å². The minimum Gasteiger partial charge on any atom is -0.381 e. The van der Waals surface area contributed by atoms with Gasteiger partial charge in [-0.1, -0.05) is 6.32 Å². The zero-order valence-electron chi connectivity index (χ0n) is 3.68. The monoisotopic (exact) mass is 82.1 g/mol. The Morgan fingerprint density at radius 3 is 2.33 bits per heavy atom. The molecular formula is C4H7BO. The summed E-state index contributed by atoms with van der Waals surface area (Å²) in [4.78, 5) is 0. The van der Waals surface area contributed by atoms with E-state index in [1.807, 2.05) is 0 Å². The summed E-state index contributed by atoms with van der Waals surface area (Å²) in [5, 5.41) is 0. The smallest absolute Gasteiger partial charge is 0.0659 e. The fourth-order valence-electron chi connectivity index (χ4n) is 0.421. The first kappa shape index (κ1) is 4.19. The fourth-order valence-corrected chi connectivity index (χ4v) is 0.421. The average molecular weight is 81.9 g/mol. The van der Waals surface area contributed by atoms with E-state index in [1.165, 1.54) is 0 Å². The van der Waals surface area contributed by atoms with Crippen molar-refractivity contribution in [1.29, 1.82) is 0 Å². The first-order valence-electron chi connectivity index (χ1n) is 2.21. The molecule has 2 radical (unpaired) electrons. The van der Waals surface area contributed by atoms with Crippen molar-refractivity contribution >= 4 is 7.85 Å². The molecule has 0 aliphatic carbocycles. The van der Waals surface area contributed by atoms with Crippen LogP contribution in [-0.2, 0) is 4.74 Å².